The third-order valence-corrected chi connectivity index (χ3v) is 8.12. The molecule has 0 amide bonds. The van der Waals surface area contributed by atoms with Crippen LogP contribution in [0, 0.1) is 34.5 Å². The van der Waals surface area contributed by atoms with Crippen molar-refractivity contribution in [2.24, 2.45) is 34.5 Å². The topological polar surface area (TPSA) is 0 Å². The van der Waals surface area contributed by atoms with Gasteiger partial charge in [0.2, 0.25) is 0 Å². The highest BCUT2D eigenvalue weighted by Crippen LogP contribution is 2.64. The van der Waals surface area contributed by atoms with E-state index in [9.17, 15) is 0 Å². The van der Waals surface area contributed by atoms with Gasteiger partial charge in [0, 0.05) is 0 Å². The molecule has 0 heterocycles. The second kappa shape index (κ2) is 4.37. The summed E-state index contributed by atoms with van der Waals surface area (Å²) in [5.41, 5.74) is 3.26. The second-order valence-corrected chi connectivity index (χ2v) is 9.21. The molecule has 0 nitrogen and oxygen atoms in total. The van der Waals surface area contributed by atoms with Crippen molar-refractivity contribution < 1.29 is 0 Å². The van der Waals surface area contributed by atoms with Gasteiger partial charge in [-0.25, -0.2) is 0 Å². The number of fused-ring (bicyclic) bond motifs is 5. The first-order chi connectivity index (χ1) is 9.53. The van der Waals surface area contributed by atoms with Crippen molar-refractivity contribution in [1.29, 1.82) is 0 Å². The molecule has 6 atom stereocenters. The van der Waals surface area contributed by atoms with Crippen LogP contribution in [-0.4, -0.2) is 0 Å². The van der Waals surface area contributed by atoms with Crippen molar-refractivity contribution in [1.82, 2.24) is 0 Å². The summed E-state index contributed by atoms with van der Waals surface area (Å²) in [5, 5.41) is 0. The Bertz CT molecular complexity index is 433. The van der Waals surface area contributed by atoms with Gasteiger partial charge in [-0.3, -0.25) is 0 Å². The van der Waals surface area contributed by atoms with Crippen LogP contribution in [0.3, 0.4) is 0 Å². The highest BCUT2D eigenvalue weighted by Gasteiger charge is 2.54. The van der Waals surface area contributed by atoms with Crippen molar-refractivity contribution in [2.45, 2.75) is 78.6 Å². The Morgan fingerprint density at radius 3 is 2.70 bits per heavy atom. The van der Waals surface area contributed by atoms with E-state index < -0.39 is 0 Å². The summed E-state index contributed by atoms with van der Waals surface area (Å²) in [6.45, 7) is 7.74. The fourth-order valence-electron chi connectivity index (χ4n) is 6.72. The fourth-order valence-corrected chi connectivity index (χ4v) is 6.72. The third kappa shape index (κ3) is 1.72. The van der Waals surface area contributed by atoms with Gasteiger partial charge in [-0.2, -0.15) is 0 Å². The quantitative estimate of drug-likeness (QED) is 0.476. The molecular weight excluding hydrogens is 240 g/mol. The molecule has 20 heavy (non-hydrogen) atoms. The third-order valence-electron chi connectivity index (χ3n) is 8.12. The molecule has 0 aliphatic heterocycles. The minimum absolute atomic E-state index is 0.653. The van der Waals surface area contributed by atoms with E-state index in [1.807, 2.05) is 5.57 Å². The Labute approximate surface area is 125 Å². The summed E-state index contributed by atoms with van der Waals surface area (Å²) in [4.78, 5) is 0. The first-order valence-electron chi connectivity index (χ1n) is 9.23. The standard InChI is InChI=1S/C20H32/c1-14-8-12-20(3)15(13-14)6-7-16-17-5-4-10-19(17,2)11-9-18(16)20/h7,14-15,17-18H,4-6,8-13H2,1-3H3/t14?,15?,17-,18-,19-,20-/m0/s1. The largest absolute Gasteiger partial charge is 0.0844 e. The predicted molar refractivity (Wildman–Crippen MR) is 85.5 cm³/mol. The SMILES string of the molecule is CC1CC[C@@]2(C)C(CC=C3[C@@H]4CCC[C@@]4(C)CC[C@@H]32)C1. The molecule has 3 saturated carbocycles. The lowest BCUT2D eigenvalue weighted by atomic mass is 9.48. The van der Waals surface area contributed by atoms with Crippen LogP contribution in [0.25, 0.3) is 0 Å². The van der Waals surface area contributed by atoms with Crippen molar-refractivity contribution in [3.8, 4) is 0 Å². The molecule has 0 aromatic heterocycles. The smallest absolute Gasteiger partial charge is 0.0143 e. The van der Waals surface area contributed by atoms with Gasteiger partial charge in [-0.05, 0) is 79.4 Å². The van der Waals surface area contributed by atoms with E-state index in [0.29, 0.717) is 10.8 Å². The lowest BCUT2D eigenvalue weighted by Crippen LogP contribution is -2.47. The van der Waals surface area contributed by atoms with E-state index >= 15 is 0 Å². The lowest BCUT2D eigenvalue weighted by molar-refractivity contribution is -0.00534. The number of rotatable bonds is 0. The molecule has 0 spiro atoms. The van der Waals surface area contributed by atoms with Crippen LogP contribution in [0.2, 0.25) is 0 Å². The lowest BCUT2D eigenvalue weighted by Gasteiger charge is -2.57. The monoisotopic (exact) mass is 272 g/mol. The van der Waals surface area contributed by atoms with Gasteiger partial charge in [-0.1, -0.05) is 45.3 Å². The summed E-state index contributed by atoms with van der Waals surface area (Å²) in [5.74, 6) is 3.87. The average molecular weight is 272 g/mol. The van der Waals surface area contributed by atoms with Crippen LogP contribution in [0.4, 0.5) is 0 Å². The molecular formula is C20H32. The van der Waals surface area contributed by atoms with Crippen LogP contribution in [0.1, 0.15) is 78.6 Å². The van der Waals surface area contributed by atoms with E-state index in [-0.39, 0.29) is 0 Å². The van der Waals surface area contributed by atoms with Gasteiger partial charge < -0.3 is 0 Å². The highest BCUT2D eigenvalue weighted by atomic mass is 14.6. The first-order valence-corrected chi connectivity index (χ1v) is 9.23. The summed E-state index contributed by atoms with van der Waals surface area (Å²) in [7, 11) is 0. The van der Waals surface area contributed by atoms with Crippen LogP contribution < -0.4 is 0 Å². The molecule has 0 radical (unpaired) electrons. The van der Waals surface area contributed by atoms with Gasteiger partial charge in [0.05, 0.1) is 0 Å². The minimum atomic E-state index is 0.653. The van der Waals surface area contributed by atoms with Gasteiger partial charge in [0.15, 0.2) is 0 Å². The maximum atomic E-state index is 2.74. The molecule has 0 saturated heterocycles. The van der Waals surface area contributed by atoms with Crippen molar-refractivity contribution in [3.63, 3.8) is 0 Å². The van der Waals surface area contributed by atoms with Crippen LogP contribution in [0.15, 0.2) is 11.6 Å². The van der Waals surface area contributed by atoms with E-state index in [1.165, 1.54) is 57.8 Å². The van der Waals surface area contributed by atoms with Gasteiger partial charge >= 0.3 is 0 Å². The summed E-state index contributed by atoms with van der Waals surface area (Å²) in [6, 6.07) is 0. The maximum Gasteiger partial charge on any atom is -0.0143 e. The summed E-state index contributed by atoms with van der Waals surface area (Å²) in [6.07, 6.45) is 16.1. The molecule has 0 N–H and O–H groups in total. The Hall–Kier alpha value is -0.260. The van der Waals surface area contributed by atoms with Crippen molar-refractivity contribution >= 4 is 0 Å². The molecule has 2 unspecified atom stereocenters. The molecule has 0 aromatic carbocycles. The molecule has 0 aromatic rings. The molecule has 4 aliphatic rings. The van der Waals surface area contributed by atoms with Crippen molar-refractivity contribution in [2.75, 3.05) is 0 Å². The van der Waals surface area contributed by atoms with E-state index in [2.05, 4.69) is 26.8 Å². The molecule has 112 valence electrons. The van der Waals surface area contributed by atoms with Crippen molar-refractivity contribution in [3.05, 3.63) is 11.6 Å². The fraction of sp³-hybridized carbons (Fsp3) is 0.900. The molecule has 4 rings (SSSR count). The average Bonchev–Trinajstić information content (AvgIpc) is 2.81. The number of allylic oxidation sites excluding steroid dienone is 2. The second-order valence-electron chi connectivity index (χ2n) is 9.21. The van der Waals surface area contributed by atoms with Gasteiger partial charge in [0.25, 0.3) is 0 Å². The van der Waals surface area contributed by atoms with E-state index in [0.717, 1.165) is 23.7 Å². The maximum absolute atomic E-state index is 2.74. The Morgan fingerprint density at radius 2 is 1.85 bits per heavy atom. The molecule has 0 bridgehead atoms. The normalized spacial score (nSPS) is 54.6. The zero-order valence-corrected chi connectivity index (χ0v) is 13.8. The summed E-state index contributed by atoms with van der Waals surface area (Å²) < 4.78 is 0. The first kappa shape index (κ1) is 13.4. The van der Waals surface area contributed by atoms with Crippen LogP contribution >= 0.6 is 0 Å². The number of hydrogen-bond donors (Lipinski definition) is 0. The highest BCUT2D eigenvalue weighted by molar-refractivity contribution is 5.26. The molecule has 4 aliphatic carbocycles. The molecule has 3 fully saturated rings. The Kier molecular flexibility index (Phi) is 2.93. The predicted octanol–water partition coefficient (Wildman–Crippen LogP) is 5.98. The zero-order chi connectivity index (χ0) is 14.0. The molecule has 0 heteroatoms. The van der Waals surface area contributed by atoms with Gasteiger partial charge in [-0.15, -0.1) is 0 Å². The van der Waals surface area contributed by atoms with Crippen LogP contribution in [0.5, 0.6) is 0 Å². The Balaban J connectivity index is 1.69. The van der Waals surface area contributed by atoms with Crippen LogP contribution in [-0.2, 0) is 0 Å². The van der Waals surface area contributed by atoms with E-state index in [4.69, 9.17) is 0 Å². The van der Waals surface area contributed by atoms with Gasteiger partial charge in [0.1, 0.15) is 0 Å². The van der Waals surface area contributed by atoms with E-state index in [1.54, 1.807) is 0 Å². The minimum Gasteiger partial charge on any atom is -0.0844 e. The zero-order valence-electron chi connectivity index (χ0n) is 13.8. The number of hydrogen-bond acceptors (Lipinski definition) is 0. The Morgan fingerprint density at radius 1 is 1.00 bits per heavy atom. The summed E-state index contributed by atoms with van der Waals surface area (Å²) >= 11 is 0.